The number of nitrogen functional groups attached to an aromatic ring is 1. The summed E-state index contributed by atoms with van der Waals surface area (Å²) in [6.07, 6.45) is 22.4. The Hall–Kier alpha value is -3.39. The Kier molecular flexibility index (Phi) is 20.9. The summed E-state index contributed by atoms with van der Waals surface area (Å²) in [6, 6.07) is 13.3. The predicted octanol–water partition coefficient (Wildman–Crippen LogP) is 9.42. The third-order valence-electron chi connectivity index (χ3n) is 10.3. The molecule has 3 heterocycles. The van der Waals surface area contributed by atoms with Gasteiger partial charge in [-0.3, -0.25) is 0 Å². The van der Waals surface area contributed by atoms with Crippen molar-refractivity contribution in [3.8, 4) is 17.9 Å². The molecule has 1 aromatic carbocycles. The van der Waals surface area contributed by atoms with E-state index in [9.17, 15) is 15.4 Å². The highest BCUT2D eigenvalue weighted by Crippen LogP contribution is 2.43. The van der Waals surface area contributed by atoms with Crippen LogP contribution in [0.2, 0.25) is 0 Å². The molecule has 0 saturated carbocycles. The summed E-state index contributed by atoms with van der Waals surface area (Å²) in [5.74, 6) is 0.825. The first-order valence-corrected chi connectivity index (χ1v) is 21.7. The van der Waals surface area contributed by atoms with Gasteiger partial charge in [-0.1, -0.05) is 109 Å². The van der Waals surface area contributed by atoms with Gasteiger partial charge in [-0.15, -0.1) is 0 Å². The van der Waals surface area contributed by atoms with Crippen LogP contribution in [0.5, 0.6) is 5.75 Å². The molecule has 1 aliphatic heterocycles. The number of ether oxygens (including phenoxy) is 4. The SMILES string of the molecule is CCCCCCCCCCCCCCCCCCOCC(COP(O)OCC1(C#N)CCC(c2ccc3c(N)ncnn23)O1)OCc1ccc(C#N)c(OC)c1. The normalized spacial score (nSPS) is 17.8. The molecule has 1 fully saturated rings. The van der Waals surface area contributed by atoms with E-state index in [-0.39, 0.29) is 26.4 Å². The Morgan fingerprint density at radius 2 is 1.62 bits per heavy atom. The number of anilines is 1. The molecule has 0 amide bonds. The Morgan fingerprint density at radius 1 is 0.946 bits per heavy atom. The minimum absolute atomic E-state index is 0.00881. The average molecular weight is 795 g/mol. The van der Waals surface area contributed by atoms with Crippen LogP contribution in [-0.2, 0) is 29.9 Å². The highest BCUT2D eigenvalue weighted by Gasteiger charge is 2.43. The highest BCUT2D eigenvalue weighted by atomic mass is 31.2. The molecule has 56 heavy (non-hydrogen) atoms. The van der Waals surface area contributed by atoms with Gasteiger partial charge < -0.3 is 38.6 Å². The van der Waals surface area contributed by atoms with Crippen LogP contribution < -0.4 is 10.5 Å². The van der Waals surface area contributed by atoms with Gasteiger partial charge in [-0.05, 0) is 49.1 Å². The van der Waals surface area contributed by atoms with E-state index in [0.29, 0.717) is 42.1 Å². The molecule has 0 radical (unpaired) electrons. The zero-order chi connectivity index (χ0) is 39.9. The van der Waals surface area contributed by atoms with Crippen LogP contribution >= 0.6 is 8.60 Å². The Morgan fingerprint density at radius 3 is 2.27 bits per heavy atom. The molecule has 2 aromatic heterocycles. The standard InChI is InChI=1S/C42H63N6O7P/c1-3-4-5-6-7-8-9-10-11-12-13-14-15-16-17-18-25-51-29-36(52-28-34-19-20-35(27-43)40(26-34)50-2)30-53-56(49)54-32-42(31-44)24-23-39(55-42)37-21-22-38-41(45)46-33-47-48(37)38/h19-22,26,33,36,39,49H,3-18,23-25,28-30,32H2,1-2H3,(H2,45,46,47). The molecule has 308 valence electrons. The molecule has 0 spiro atoms. The van der Waals surface area contributed by atoms with Crippen molar-refractivity contribution in [2.75, 3.05) is 39.3 Å². The summed E-state index contributed by atoms with van der Waals surface area (Å²) >= 11 is 0. The summed E-state index contributed by atoms with van der Waals surface area (Å²) in [5, 5.41) is 23.7. The quantitative estimate of drug-likeness (QED) is 0.0483. The predicted molar refractivity (Wildman–Crippen MR) is 216 cm³/mol. The van der Waals surface area contributed by atoms with Gasteiger partial charge in [0.15, 0.2) is 11.4 Å². The first-order valence-electron chi connectivity index (χ1n) is 20.6. The zero-order valence-electron chi connectivity index (χ0n) is 33.5. The first-order chi connectivity index (χ1) is 27.4. The number of hydrogen-bond acceptors (Lipinski definition) is 12. The van der Waals surface area contributed by atoms with Gasteiger partial charge in [0.1, 0.15) is 41.9 Å². The Labute approximate surface area is 334 Å². The molecule has 4 atom stereocenters. The van der Waals surface area contributed by atoms with Crippen molar-refractivity contribution in [1.82, 2.24) is 14.6 Å². The van der Waals surface area contributed by atoms with Crippen molar-refractivity contribution < 1.29 is 32.9 Å². The lowest BCUT2D eigenvalue weighted by atomic mass is 10.0. The maximum Gasteiger partial charge on any atom is 0.330 e. The fourth-order valence-corrected chi connectivity index (χ4v) is 7.67. The average Bonchev–Trinajstić information content (AvgIpc) is 3.86. The molecule has 3 aromatic rings. The second-order valence-corrected chi connectivity index (χ2v) is 15.7. The van der Waals surface area contributed by atoms with Crippen LogP contribution in [0, 0.1) is 22.7 Å². The van der Waals surface area contributed by atoms with Crippen molar-refractivity contribution >= 4 is 19.9 Å². The number of benzene rings is 1. The largest absolute Gasteiger partial charge is 0.495 e. The number of unbranched alkanes of at least 4 members (excludes halogenated alkanes) is 15. The van der Waals surface area contributed by atoms with Crippen LogP contribution in [0.25, 0.3) is 5.52 Å². The summed E-state index contributed by atoms with van der Waals surface area (Å²) < 4.78 is 36.7. The molecule has 1 aliphatic rings. The maximum atomic E-state index is 10.7. The summed E-state index contributed by atoms with van der Waals surface area (Å²) in [5.41, 5.74) is 7.40. The fraction of sp³-hybridized carbons (Fsp3) is 0.667. The topological polar surface area (TPSA) is 179 Å². The maximum absolute atomic E-state index is 10.7. The number of methoxy groups -OCH3 is 1. The Balaban J connectivity index is 1.15. The van der Waals surface area contributed by atoms with Crippen LogP contribution in [0.1, 0.15) is 145 Å². The number of fused-ring (bicyclic) bond motifs is 1. The number of nitrogens with two attached hydrogens (primary N) is 1. The number of nitriles is 2. The molecule has 1 saturated heterocycles. The zero-order valence-corrected chi connectivity index (χ0v) is 34.4. The fourth-order valence-electron chi connectivity index (χ4n) is 6.99. The third kappa shape index (κ3) is 15.2. The van der Waals surface area contributed by atoms with Crippen LogP contribution in [0.3, 0.4) is 0 Å². The molecule has 4 unspecified atom stereocenters. The van der Waals surface area contributed by atoms with E-state index < -0.39 is 26.4 Å². The monoisotopic (exact) mass is 794 g/mol. The second kappa shape index (κ2) is 25.8. The number of hydrogen-bond donors (Lipinski definition) is 2. The Bertz CT molecular complexity index is 1650. The van der Waals surface area contributed by atoms with Crippen LogP contribution in [0.15, 0.2) is 36.7 Å². The van der Waals surface area contributed by atoms with E-state index in [0.717, 1.165) is 24.1 Å². The molecule has 3 N–H and O–H groups in total. The van der Waals surface area contributed by atoms with Gasteiger partial charge in [-0.2, -0.15) is 15.6 Å². The van der Waals surface area contributed by atoms with Gasteiger partial charge in [0.05, 0.1) is 44.8 Å². The molecule has 4 rings (SSSR count). The molecule has 0 bridgehead atoms. The van der Waals surface area contributed by atoms with Gasteiger partial charge in [-0.25, -0.2) is 9.50 Å². The second-order valence-electron chi connectivity index (χ2n) is 14.7. The van der Waals surface area contributed by atoms with Gasteiger partial charge in [0, 0.05) is 6.61 Å². The molecule has 14 heteroatoms. The van der Waals surface area contributed by atoms with Crippen molar-refractivity contribution in [1.29, 1.82) is 10.5 Å². The van der Waals surface area contributed by atoms with Crippen LogP contribution in [0.4, 0.5) is 5.82 Å². The minimum Gasteiger partial charge on any atom is -0.495 e. The van der Waals surface area contributed by atoms with E-state index in [2.05, 4.69) is 29.1 Å². The number of nitrogens with zero attached hydrogens (tertiary/aromatic N) is 5. The summed E-state index contributed by atoms with van der Waals surface area (Å²) in [4.78, 5) is 14.7. The van der Waals surface area contributed by atoms with Crippen molar-refractivity contribution in [2.24, 2.45) is 0 Å². The summed E-state index contributed by atoms with van der Waals surface area (Å²) in [7, 11) is -0.821. The highest BCUT2D eigenvalue weighted by molar-refractivity contribution is 7.40. The van der Waals surface area contributed by atoms with Gasteiger partial charge in [0.25, 0.3) is 0 Å². The minimum atomic E-state index is -2.34. The van der Waals surface area contributed by atoms with Crippen molar-refractivity contribution in [3.63, 3.8) is 0 Å². The van der Waals surface area contributed by atoms with E-state index in [1.54, 1.807) is 16.6 Å². The molecule has 0 aliphatic carbocycles. The summed E-state index contributed by atoms with van der Waals surface area (Å²) in [6.45, 7) is 3.20. The van der Waals surface area contributed by atoms with Crippen molar-refractivity contribution in [2.45, 2.75) is 147 Å². The van der Waals surface area contributed by atoms with Crippen molar-refractivity contribution in [3.05, 3.63) is 53.5 Å². The van der Waals surface area contributed by atoms with Crippen LogP contribution in [-0.4, -0.2) is 64.7 Å². The number of aromatic nitrogens is 3. The molecular formula is C42H63N6O7P. The van der Waals surface area contributed by atoms with Gasteiger partial charge in [0.2, 0.25) is 0 Å². The smallest absolute Gasteiger partial charge is 0.330 e. The lowest BCUT2D eigenvalue weighted by Gasteiger charge is -2.24. The molecule has 13 nitrogen and oxygen atoms in total. The lowest BCUT2D eigenvalue weighted by molar-refractivity contribution is -0.0540. The van der Waals surface area contributed by atoms with E-state index in [1.165, 1.54) is 103 Å². The van der Waals surface area contributed by atoms with E-state index in [4.69, 9.17) is 33.7 Å². The van der Waals surface area contributed by atoms with E-state index in [1.807, 2.05) is 18.2 Å². The first kappa shape index (κ1) is 45.3. The van der Waals surface area contributed by atoms with E-state index >= 15 is 0 Å². The lowest BCUT2D eigenvalue weighted by Crippen LogP contribution is -2.32. The third-order valence-corrected chi connectivity index (χ3v) is 11.0. The number of rotatable bonds is 30. The van der Waals surface area contributed by atoms with Gasteiger partial charge >= 0.3 is 8.60 Å². The molecular weight excluding hydrogens is 731 g/mol.